The molecule has 5 heteroatoms. The molecule has 0 aliphatic heterocycles. The highest BCUT2D eigenvalue weighted by molar-refractivity contribution is 5.97. The first-order chi connectivity index (χ1) is 28.8. The molecule has 58 heavy (non-hydrogen) atoms. The topological polar surface area (TPSA) is 48.0 Å². The van der Waals surface area contributed by atoms with Gasteiger partial charge in [0.25, 0.3) is 0 Å². The van der Waals surface area contributed by atoms with Crippen LogP contribution in [0.2, 0.25) is 0 Å². The lowest BCUT2D eigenvalue weighted by atomic mass is 9.95. The molecule has 0 unspecified atom stereocenters. The number of hydrogen-bond donors (Lipinski definition) is 0. The minimum atomic E-state index is 0.692. The van der Waals surface area contributed by atoms with Gasteiger partial charge in [-0.2, -0.15) is 0 Å². The summed E-state index contributed by atoms with van der Waals surface area (Å²) >= 11 is 0. The van der Waals surface area contributed by atoms with Crippen molar-refractivity contribution in [3.63, 3.8) is 0 Å². The quantitative estimate of drug-likeness (QED) is 0.163. The number of nitrogens with zero attached hydrogens (tertiary/aromatic N) is 5. The number of aromatic nitrogens is 5. The zero-order valence-electron chi connectivity index (χ0n) is 31.4. The van der Waals surface area contributed by atoms with Crippen molar-refractivity contribution in [1.82, 2.24) is 23.9 Å². The minimum absolute atomic E-state index is 0.692. The highest BCUT2D eigenvalue weighted by atomic mass is 15.2. The summed E-state index contributed by atoms with van der Waals surface area (Å²) in [6.07, 6.45) is 0. The van der Waals surface area contributed by atoms with E-state index < -0.39 is 0 Å². The molecule has 3 aromatic heterocycles. The lowest BCUT2D eigenvalue weighted by molar-refractivity contribution is 1.11. The summed E-state index contributed by atoms with van der Waals surface area (Å²) in [6.45, 7) is 0. The van der Waals surface area contributed by atoms with Gasteiger partial charge in [0, 0.05) is 27.8 Å². The lowest BCUT2D eigenvalue weighted by Gasteiger charge is -2.18. The van der Waals surface area contributed by atoms with Gasteiger partial charge in [0.2, 0.25) is 5.78 Å². The molecule has 0 aliphatic rings. The van der Waals surface area contributed by atoms with Crippen molar-refractivity contribution in [3.8, 4) is 73.0 Å². The van der Waals surface area contributed by atoms with Gasteiger partial charge in [-0.15, -0.1) is 0 Å². The smallest absolute Gasteiger partial charge is 0.220 e. The van der Waals surface area contributed by atoms with E-state index in [1.165, 1.54) is 0 Å². The van der Waals surface area contributed by atoms with E-state index in [0.717, 1.165) is 95.0 Å². The van der Waals surface area contributed by atoms with E-state index in [0.29, 0.717) is 5.82 Å². The van der Waals surface area contributed by atoms with Gasteiger partial charge < -0.3 is 0 Å². The zero-order chi connectivity index (χ0) is 38.4. The van der Waals surface area contributed by atoms with E-state index in [-0.39, 0.29) is 0 Å². The SMILES string of the molecule is c1ccc(-c2cc(-c3ccccc3)nc(-c3ccc(-c4ccc5c(c4)n4c6ccccc6nc4n5-c4c(-c5ccccc5)cccc4-c4ccccc4)cc3)n2)cc1. The molecule has 272 valence electrons. The molecule has 11 aromatic rings. The van der Waals surface area contributed by atoms with E-state index in [9.17, 15) is 0 Å². The van der Waals surface area contributed by atoms with Gasteiger partial charge in [-0.1, -0.05) is 182 Å². The molecule has 0 fully saturated rings. The summed E-state index contributed by atoms with van der Waals surface area (Å²) in [6, 6.07) is 74.4. The Hall–Kier alpha value is -7.89. The summed E-state index contributed by atoms with van der Waals surface area (Å²) < 4.78 is 4.67. The maximum absolute atomic E-state index is 5.32. The summed E-state index contributed by atoms with van der Waals surface area (Å²) in [4.78, 5) is 15.4. The molecular formula is C53H35N5. The average Bonchev–Trinajstić information content (AvgIpc) is 3.84. The fourth-order valence-electron chi connectivity index (χ4n) is 8.19. The molecule has 0 saturated carbocycles. The second kappa shape index (κ2) is 14.0. The Morgan fingerprint density at radius 1 is 0.310 bits per heavy atom. The molecule has 0 saturated heterocycles. The van der Waals surface area contributed by atoms with Crippen molar-refractivity contribution in [2.45, 2.75) is 0 Å². The van der Waals surface area contributed by atoms with Gasteiger partial charge >= 0.3 is 0 Å². The molecular weight excluding hydrogens is 707 g/mol. The van der Waals surface area contributed by atoms with E-state index in [1.807, 2.05) is 36.4 Å². The first-order valence-electron chi connectivity index (χ1n) is 19.5. The third-order valence-electron chi connectivity index (χ3n) is 11.0. The highest BCUT2D eigenvalue weighted by Crippen LogP contribution is 2.41. The van der Waals surface area contributed by atoms with Crippen LogP contribution < -0.4 is 0 Å². The fourth-order valence-corrected chi connectivity index (χ4v) is 8.19. The normalized spacial score (nSPS) is 11.4. The van der Waals surface area contributed by atoms with E-state index in [1.54, 1.807) is 0 Å². The van der Waals surface area contributed by atoms with E-state index in [4.69, 9.17) is 15.0 Å². The van der Waals surface area contributed by atoms with Gasteiger partial charge in [0.1, 0.15) is 0 Å². The van der Waals surface area contributed by atoms with E-state index >= 15 is 0 Å². The number of para-hydroxylation sites is 3. The monoisotopic (exact) mass is 741 g/mol. The Labute approximate surface area is 335 Å². The second-order valence-corrected chi connectivity index (χ2v) is 14.5. The molecule has 0 spiro atoms. The zero-order valence-corrected chi connectivity index (χ0v) is 31.4. The summed E-state index contributed by atoms with van der Waals surface area (Å²) in [5.74, 6) is 1.56. The number of rotatable bonds is 7. The van der Waals surface area contributed by atoms with Crippen molar-refractivity contribution >= 4 is 27.8 Å². The molecule has 11 rings (SSSR count). The Morgan fingerprint density at radius 3 is 1.40 bits per heavy atom. The van der Waals surface area contributed by atoms with Crippen LogP contribution in [0.3, 0.4) is 0 Å². The van der Waals surface area contributed by atoms with Gasteiger partial charge in [-0.25, -0.2) is 15.0 Å². The Balaban J connectivity index is 1.08. The van der Waals surface area contributed by atoms with Crippen LogP contribution in [0.1, 0.15) is 0 Å². The van der Waals surface area contributed by atoms with Crippen molar-refractivity contribution in [2.24, 2.45) is 0 Å². The van der Waals surface area contributed by atoms with E-state index in [2.05, 4.69) is 185 Å². The largest absolute Gasteiger partial charge is 0.277 e. The van der Waals surface area contributed by atoms with Crippen molar-refractivity contribution in [3.05, 3.63) is 212 Å². The fraction of sp³-hybridized carbons (Fsp3) is 0. The van der Waals surface area contributed by atoms with Crippen LogP contribution in [-0.4, -0.2) is 23.9 Å². The van der Waals surface area contributed by atoms with Crippen molar-refractivity contribution < 1.29 is 0 Å². The maximum Gasteiger partial charge on any atom is 0.220 e. The van der Waals surface area contributed by atoms with Crippen molar-refractivity contribution in [1.29, 1.82) is 0 Å². The Kier molecular flexibility index (Phi) is 8.07. The summed E-state index contributed by atoms with van der Waals surface area (Å²) in [7, 11) is 0. The predicted octanol–water partition coefficient (Wildman–Crippen LogP) is 13.2. The molecule has 0 N–H and O–H groups in total. The van der Waals surface area contributed by atoms with Gasteiger partial charge in [-0.05, 0) is 52.6 Å². The highest BCUT2D eigenvalue weighted by Gasteiger charge is 2.23. The lowest BCUT2D eigenvalue weighted by Crippen LogP contribution is -2.01. The number of hydrogen-bond acceptors (Lipinski definition) is 3. The maximum atomic E-state index is 5.32. The molecule has 0 bridgehead atoms. The molecule has 5 nitrogen and oxygen atoms in total. The Bertz CT molecular complexity index is 3130. The second-order valence-electron chi connectivity index (χ2n) is 14.5. The number of benzene rings is 8. The molecule has 8 aromatic carbocycles. The molecule has 0 aliphatic carbocycles. The summed E-state index contributed by atoms with van der Waals surface area (Å²) in [5.41, 5.74) is 16.9. The van der Waals surface area contributed by atoms with Crippen LogP contribution >= 0.6 is 0 Å². The van der Waals surface area contributed by atoms with Crippen LogP contribution in [0, 0.1) is 0 Å². The predicted molar refractivity (Wildman–Crippen MR) is 238 cm³/mol. The number of imidazole rings is 2. The molecule has 0 radical (unpaired) electrons. The van der Waals surface area contributed by atoms with Gasteiger partial charge in [-0.3, -0.25) is 8.97 Å². The van der Waals surface area contributed by atoms with Crippen LogP contribution in [0.25, 0.3) is 101 Å². The minimum Gasteiger partial charge on any atom is -0.277 e. The first-order valence-corrected chi connectivity index (χ1v) is 19.5. The first kappa shape index (κ1) is 33.4. The Morgan fingerprint density at radius 2 is 0.810 bits per heavy atom. The molecule has 3 heterocycles. The molecule has 0 amide bonds. The van der Waals surface area contributed by atoms with Gasteiger partial charge in [0.15, 0.2) is 5.82 Å². The van der Waals surface area contributed by atoms with Crippen LogP contribution in [0.4, 0.5) is 0 Å². The standard InChI is InChI=1S/C53H35N5/c1-5-16-37(17-6-1)43-24-15-25-44(38-18-7-2-8-19-38)51(43)58-49-33-32-42(34-50(49)57-48-27-14-13-26-45(48)56-53(57)58)36-28-30-41(31-29-36)52-54-46(39-20-9-3-10-21-39)35-47(55-52)40-22-11-4-12-23-40/h1-35H. The van der Waals surface area contributed by atoms with Crippen molar-refractivity contribution in [2.75, 3.05) is 0 Å². The van der Waals surface area contributed by atoms with Crippen LogP contribution in [0.5, 0.6) is 0 Å². The van der Waals surface area contributed by atoms with Crippen LogP contribution in [-0.2, 0) is 0 Å². The third kappa shape index (κ3) is 5.76. The van der Waals surface area contributed by atoms with Crippen LogP contribution in [0.15, 0.2) is 212 Å². The summed E-state index contributed by atoms with van der Waals surface area (Å²) in [5, 5.41) is 0. The average molecular weight is 742 g/mol. The van der Waals surface area contributed by atoms with Gasteiger partial charge in [0.05, 0.1) is 39.1 Å². The molecule has 0 atom stereocenters. The third-order valence-corrected chi connectivity index (χ3v) is 11.0. The number of fused-ring (bicyclic) bond motifs is 5.